The summed E-state index contributed by atoms with van der Waals surface area (Å²) in [6, 6.07) is 17.6. The van der Waals surface area contributed by atoms with Crippen LogP contribution in [-0.2, 0) is 10.0 Å². The van der Waals surface area contributed by atoms with E-state index in [9.17, 15) is 32.8 Å². The molecule has 0 unspecified atom stereocenters. The van der Waals surface area contributed by atoms with E-state index in [4.69, 9.17) is 9.47 Å². The molecule has 5 aliphatic rings. The Morgan fingerprint density at radius 2 is 1.81 bits per heavy atom. The van der Waals surface area contributed by atoms with Gasteiger partial charge in [-0.3, -0.25) is 19.8 Å². The predicted molar refractivity (Wildman–Crippen MR) is 262 cm³/mol. The lowest BCUT2D eigenvalue weighted by Crippen LogP contribution is -2.63. The van der Waals surface area contributed by atoms with Gasteiger partial charge in [-0.05, 0) is 117 Å². The summed E-state index contributed by atoms with van der Waals surface area (Å²) in [7, 11) is -4.74. The highest BCUT2D eigenvalue weighted by Crippen LogP contribution is 2.49. The number of carbonyl (C=O) groups excluding carboxylic acids is 1. The summed E-state index contributed by atoms with van der Waals surface area (Å²) in [6.07, 6.45) is 10.8. The third kappa shape index (κ3) is 9.04. The highest BCUT2D eigenvalue weighted by atomic mass is 32.2. The maximum atomic E-state index is 14.9. The van der Waals surface area contributed by atoms with E-state index in [1.54, 1.807) is 19.1 Å². The fourth-order valence-electron chi connectivity index (χ4n) is 11.8. The SMILES string of the molecule is C=Cc1nc2[nH]cc(F)c2cc1Oc1cc(N2CCC3(CC2)CN([C@@H]2CCC[C@@H]2c2ccccc2C(C)C)C3)ccc1C(=O)NS(=O)(=O)c1cc2c(c([N+](=O)[O-])c1)N[C@@H]([C@H]1CC[C@](C)(O)CC1)CO2. The number of hydrogen-bond donors (Lipinski definition) is 4. The molecule has 15 nitrogen and oxygen atoms in total. The second-order valence-corrected chi connectivity index (χ2v) is 22.3. The molecule has 2 aliphatic carbocycles. The number of anilines is 2. The summed E-state index contributed by atoms with van der Waals surface area (Å²) in [5.74, 6) is -0.471. The highest BCUT2D eigenvalue weighted by Gasteiger charge is 2.49. The van der Waals surface area contributed by atoms with E-state index in [1.807, 2.05) is 0 Å². The van der Waals surface area contributed by atoms with Crippen LogP contribution >= 0.6 is 0 Å². The normalized spacial score (nSPS) is 24.6. The lowest BCUT2D eigenvalue weighted by molar-refractivity contribution is -0.384. The molecule has 1 spiro atoms. The van der Waals surface area contributed by atoms with Crippen LogP contribution in [0.3, 0.4) is 0 Å². The number of nitro benzene ring substituents is 1. The van der Waals surface area contributed by atoms with Gasteiger partial charge in [-0.15, -0.1) is 0 Å². The minimum Gasteiger partial charge on any atom is -0.489 e. The number of ether oxygens (including phenoxy) is 2. The molecular formula is C52H60FN7O8S. The number of fused-ring (bicyclic) bond motifs is 2. The minimum absolute atomic E-state index is 0.0105. The molecule has 4 fully saturated rings. The van der Waals surface area contributed by atoms with Crippen LogP contribution in [0.15, 0.2) is 78.3 Å². The van der Waals surface area contributed by atoms with Gasteiger partial charge in [-0.2, -0.15) is 0 Å². The second-order valence-electron chi connectivity index (χ2n) is 20.6. The number of sulfonamides is 1. The molecule has 0 bridgehead atoms. The number of piperidine rings is 1. The van der Waals surface area contributed by atoms with E-state index >= 15 is 0 Å². The number of aliphatic hydroxyl groups is 1. The molecule has 2 saturated carbocycles. The number of H-pyrrole nitrogens is 1. The minimum atomic E-state index is -4.74. The quantitative estimate of drug-likeness (QED) is 0.0685. The smallest absolute Gasteiger partial charge is 0.297 e. The van der Waals surface area contributed by atoms with Gasteiger partial charge in [-0.1, -0.05) is 51.1 Å². The largest absolute Gasteiger partial charge is 0.489 e. The average molecular weight is 962 g/mol. The lowest BCUT2D eigenvalue weighted by Gasteiger charge is -2.57. The average Bonchev–Trinajstić information content (AvgIpc) is 3.96. The standard InChI is InChI=1S/C52H60FN7O8S/c1-5-41-46(26-39-40(53)27-54-49(39)56-41)68-45-23-33(58-21-19-52(20-22-58)29-59(30-52)43-12-8-11-37(43)36-10-7-6-9-35(36)31(2)3)13-14-38(45)50(61)57-69(65,66)34-24-44(60(63)64)48-47(25-34)67-28-42(55-48)32-15-17-51(4,62)18-16-32/h5-7,9-10,13-14,23-27,31-32,37,42-43,55,62H,1,8,11-12,15-22,28-30H2,2-4H3,(H,54,56)(H,57,61)/t32-,37-,42-,43-,51-/m1/s1. The molecule has 5 heterocycles. The molecule has 364 valence electrons. The third-order valence-electron chi connectivity index (χ3n) is 15.7. The van der Waals surface area contributed by atoms with E-state index in [0.29, 0.717) is 43.6 Å². The number of rotatable bonds is 12. The van der Waals surface area contributed by atoms with E-state index < -0.39 is 42.9 Å². The summed E-state index contributed by atoms with van der Waals surface area (Å²) in [5, 5.41) is 26.3. The zero-order valence-corrected chi connectivity index (χ0v) is 40.1. The molecule has 1 amide bonds. The van der Waals surface area contributed by atoms with Crippen LogP contribution in [0.4, 0.5) is 21.5 Å². The van der Waals surface area contributed by atoms with Crippen molar-refractivity contribution in [1.82, 2.24) is 19.6 Å². The van der Waals surface area contributed by atoms with Crippen molar-refractivity contribution in [1.29, 1.82) is 0 Å². The zero-order chi connectivity index (χ0) is 48.4. The van der Waals surface area contributed by atoms with Gasteiger partial charge in [0.2, 0.25) is 0 Å². The lowest BCUT2D eigenvalue weighted by atomic mass is 9.70. The molecule has 2 saturated heterocycles. The summed E-state index contributed by atoms with van der Waals surface area (Å²) < 4.78 is 57.5. The van der Waals surface area contributed by atoms with Gasteiger partial charge in [-0.25, -0.2) is 22.5 Å². The van der Waals surface area contributed by atoms with Crippen LogP contribution < -0.4 is 24.4 Å². The fourth-order valence-corrected chi connectivity index (χ4v) is 12.8. The Morgan fingerprint density at radius 1 is 1.06 bits per heavy atom. The van der Waals surface area contributed by atoms with E-state index in [2.05, 4.69) is 74.5 Å². The molecule has 3 aromatic carbocycles. The summed E-state index contributed by atoms with van der Waals surface area (Å²) in [5.41, 5.74) is 3.06. The monoisotopic (exact) mass is 961 g/mol. The van der Waals surface area contributed by atoms with Crippen molar-refractivity contribution in [3.63, 3.8) is 0 Å². The molecular weight excluding hydrogens is 902 g/mol. The van der Waals surface area contributed by atoms with Crippen molar-refractivity contribution in [2.45, 2.75) is 113 Å². The van der Waals surface area contributed by atoms with Gasteiger partial charge >= 0.3 is 0 Å². The van der Waals surface area contributed by atoms with Crippen LogP contribution in [0.1, 0.15) is 118 Å². The van der Waals surface area contributed by atoms with Gasteiger partial charge in [0.15, 0.2) is 17.2 Å². The number of halogens is 1. The van der Waals surface area contributed by atoms with Crippen LogP contribution in [0.25, 0.3) is 17.1 Å². The first-order valence-electron chi connectivity index (χ1n) is 24.2. The number of aromatic nitrogens is 2. The van der Waals surface area contributed by atoms with Crippen LogP contribution in [0.2, 0.25) is 0 Å². The summed E-state index contributed by atoms with van der Waals surface area (Å²) in [4.78, 5) is 37.6. The first kappa shape index (κ1) is 46.7. The van der Waals surface area contributed by atoms with Crippen LogP contribution in [0, 0.1) is 27.3 Å². The molecule has 3 aliphatic heterocycles. The number of likely N-dealkylation sites (tertiary alicyclic amines) is 1. The maximum absolute atomic E-state index is 14.9. The molecule has 69 heavy (non-hydrogen) atoms. The second kappa shape index (κ2) is 18.0. The Kier molecular flexibility index (Phi) is 12.2. The molecule has 2 aromatic heterocycles. The third-order valence-corrected chi connectivity index (χ3v) is 17.0. The van der Waals surface area contributed by atoms with Gasteiger partial charge in [0.25, 0.3) is 21.6 Å². The van der Waals surface area contributed by atoms with E-state index in [0.717, 1.165) is 50.8 Å². The van der Waals surface area contributed by atoms with Crippen LogP contribution in [0.5, 0.6) is 17.2 Å². The van der Waals surface area contributed by atoms with Crippen molar-refractivity contribution in [3.05, 3.63) is 112 Å². The number of aromatic amines is 1. The topological polar surface area (TPSA) is 192 Å². The maximum Gasteiger partial charge on any atom is 0.297 e. The van der Waals surface area contributed by atoms with Gasteiger partial charge in [0.1, 0.15) is 29.5 Å². The number of nitro groups is 1. The Morgan fingerprint density at radius 3 is 2.54 bits per heavy atom. The van der Waals surface area contributed by atoms with Crippen molar-refractivity contribution in [3.8, 4) is 17.2 Å². The number of benzene rings is 3. The molecule has 17 heteroatoms. The Bertz CT molecular complexity index is 2930. The fraction of sp³-hybridized carbons (Fsp3) is 0.462. The molecule has 0 radical (unpaired) electrons. The van der Waals surface area contributed by atoms with Crippen LogP contribution in [-0.4, -0.2) is 89.7 Å². The Labute approximate surface area is 401 Å². The van der Waals surface area contributed by atoms with Crippen molar-refractivity contribution in [2.75, 3.05) is 43.0 Å². The number of nitrogens with zero attached hydrogens (tertiary/aromatic N) is 4. The number of nitrogens with one attached hydrogen (secondary N) is 3. The summed E-state index contributed by atoms with van der Waals surface area (Å²) in [6.45, 7) is 14.0. The highest BCUT2D eigenvalue weighted by molar-refractivity contribution is 7.90. The molecule has 10 rings (SSSR count). The number of hydrogen-bond acceptors (Lipinski definition) is 12. The number of amides is 1. The van der Waals surface area contributed by atoms with Crippen molar-refractivity contribution < 1.29 is 37.1 Å². The van der Waals surface area contributed by atoms with E-state index in [1.165, 1.54) is 60.9 Å². The first-order chi connectivity index (χ1) is 33.0. The molecule has 4 N–H and O–H groups in total. The van der Waals surface area contributed by atoms with Gasteiger partial charge < -0.3 is 29.8 Å². The first-order valence-corrected chi connectivity index (χ1v) is 25.7. The van der Waals surface area contributed by atoms with Crippen molar-refractivity contribution >= 4 is 50.1 Å². The molecule has 3 atom stereocenters. The summed E-state index contributed by atoms with van der Waals surface area (Å²) >= 11 is 0. The predicted octanol–water partition coefficient (Wildman–Crippen LogP) is 9.64. The Balaban J connectivity index is 0.884. The zero-order valence-electron chi connectivity index (χ0n) is 39.3. The number of pyridine rings is 1. The van der Waals surface area contributed by atoms with Gasteiger partial charge in [0, 0.05) is 62.3 Å². The Hall–Kier alpha value is -6.04. The van der Waals surface area contributed by atoms with E-state index in [-0.39, 0.29) is 69.2 Å². The van der Waals surface area contributed by atoms with Gasteiger partial charge in [0.05, 0.1) is 32.4 Å². The number of carbonyl (C=O) groups is 1. The van der Waals surface area contributed by atoms with Crippen molar-refractivity contribution in [2.24, 2.45) is 11.3 Å². The molecule has 5 aromatic rings.